The maximum Gasteiger partial charge on any atom is 0.0640 e. The lowest BCUT2D eigenvalue weighted by Gasteiger charge is -2.48. The van der Waals surface area contributed by atoms with E-state index in [2.05, 4.69) is 46.9 Å². The van der Waals surface area contributed by atoms with Crippen molar-refractivity contribution in [1.82, 2.24) is 15.2 Å². The first-order valence-corrected chi connectivity index (χ1v) is 7.25. The van der Waals surface area contributed by atoms with Gasteiger partial charge < -0.3 is 0 Å². The van der Waals surface area contributed by atoms with Crippen molar-refractivity contribution < 1.29 is 0 Å². The molecule has 0 saturated heterocycles. The molecule has 20 heavy (non-hydrogen) atoms. The highest BCUT2D eigenvalue weighted by Crippen LogP contribution is 2.46. The van der Waals surface area contributed by atoms with Gasteiger partial charge in [0.1, 0.15) is 0 Å². The number of nitrogens with two attached hydrogens (primary N) is 1. The lowest BCUT2D eigenvalue weighted by atomic mass is 9.59. The predicted octanol–water partition coefficient (Wildman–Crippen LogP) is 1.92. The summed E-state index contributed by atoms with van der Waals surface area (Å²) in [5.74, 6) is 5.88. The van der Waals surface area contributed by atoms with Crippen LogP contribution in [0.4, 0.5) is 0 Å². The second kappa shape index (κ2) is 5.38. The first-order valence-electron chi connectivity index (χ1n) is 7.25. The number of aryl methyl sites for hydroxylation is 1. The summed E-state index contributed by atoms with van der Waals surface area (Å²) in [4.78, 5) is 0. The van der Waals surface area contributed by atoms with Crippen LogP contribution in [0.1, 0.15) is 30.5 Å². The van der Waals surface area contributed by atoms with E-state index in [0.717, 1.165) is 12.1 Å². The minimum Gasteiger partial charge on any atom is -0.276 e. The molecule has 1 saturated carbocycles. The van der Waals surface area contributed by atoms with Crippen LogP contribution in [-0.2, 0) is 18.9 Å². The molecule has 1 unspecified atom stereocenters. The Hall–Kier alpha value is -1.65. The van der Waals surface area contributed by atoms with Gasteiger partial charge in [-0.3, -0.25) is 16.0 Å². The van der Waals surface area contributed by atoms with Crippen LogP contribution in [0.15, 0.2) is 42.6 Å². The van der Waals surface area contributed by atoms with Gasteiger partial charge in [0.15, 0.2) is 0 Å². The van der Waals surface area contributed by atoms with E-state index < -0.39 is 0 Å². The maximum atomic E-state index is 5.88. The summed E-state index contributed by atoms with van der Waals surface area (Å²) >= 11 is 0. The normalized spacial score (nSPS) is 18.5. The Morgan fingerprint density at radius 3 is 2.55 bits per heavy atom. The van der Waals surface area contributed by atoms with Crippen LogP contribution in [0.2, 0.25) is 0 Å². The molecule has 3 rings (SSSR count). The standard InChI is InChI=1S/C16H22N4/c1-20-11-8-14(19-20)12-15(18-17)16(9-5-10-16)13-6-3-2-4-7-13/h2-4,6-8,11,15,18H,5,9-10,12,17H2,1H3. The van der Waals surface area contributed by atoms with E-state index in [1.165, 1.54) is 24.8 Å². The number of nitrogens with one attached hydrogen (secondary N) is 1. The van der Waals surface area contributed by atoms with Gasteiger partial charge in [-0.15, -0.1) is 0 Å². The van der Waals surface area contributed by atoms with Gasteiger partial charge in [0.05, 0.1) is 5.69 Å². The van der Waals surface area contributed by atoms with E-state index in [-0.39, 0.29) is 11.5 Å². The van der Waals surface area contributed by atoms with Crippen molar-refractivity contribution >= 4 is 0 Å². The molecule has 1 aliphatic carbocycles. The Kier molecular flexibility index (Phi) is 3.59. The third-order valence-corrected chi connectivity index (χ3v) is 4.64. The number of hydrogen-bond donors (Lipinski definition) is 2. The molecule has 0 aliphatic heterocycles. The third-order valence-electron chi connectivity index (χ3n) is 4.64. The van der Waals surface area contributed by atoms with Crippen LogP contribution < -0.4 is 11.3 Å². The van der Waals surface area contributed by atoms with Gasteiger partial charge in [0.25, 0.3) is 0 Å². The SMILES string of the molecule is Cn1ccc(CC(NN)C2(c3ccccc3)CCC2)n1. The average molecular weight is 270 g/mol. The number of rotatable bonds is 5. The van der Waals surface area contributed by atoms with Crippen LogP contribution >= 0.6 is 0 Å². The lowest BCUT2D eigenvalue weighted by Crippen LogP contribution is -2.56. The number of aromatic nitrogens is 2. The largest absolute Gasteiger partial charge is 0.276 e. The van der Waals surface area contributed by atoms with Crippen molar-refractivity contribution in [2.75, 3.05) is 0 Å². The quantitative estimate of drug-likeness (QED) is 0.644. The average Bonchev–Trinajstić information content (AvgIpc) is 2.83. The van der Waals surface area contributed by atoms with Crippen molar-refractivity contribution in [1.29, 1.82) is 0 Å². The second-order valence-corrected chi connectivity index (χ2v) is 5.78. The zero-order valence-electron chi connectivity index (χ0n) is 11.9. The number of hydrazine groups is 1. The Labute approximate surface area is 120 Å². The first kappa shape index (κ1) is 13.3. The van der Waals surface area contributed by atoms with E-state index in [0.29, 0.717) is 0 Å². The highest BCUT2D eigenvalue weighted by molar-refractivity contribution is 5.31. The molecule has 1 aromatic heterocycles. The minimum absolute atomic E-state index is 0.160. The van der Waals surface area contributed by atoms with Gasteiger partial charge in [0.2, 0.25) is 0 Å². The molecule has 2 aromatic rings. The molecule has 1 atom stereocenters. The van der Waals surface area contributed by atoms with Gasteiger partial charge in [-0.1, -0.05) is 36.8 Å². The third kappa shape index (κ3) is 2.25. The fourth-order valence-electron chi connectivity index (χ4n) is 3.36. The second-order valence-electron chi connectivity index (χ2n) is 5.78. The van der Waals surface area contributed by atoms with Crippen LogP contribution in [0.25, 0.3) is 0 Å². The van der Waals surface area contributed by atoms with Crippen molar-refractivity contribution in [2.24, 2.45) is 12.9 Å². The summed E-state index contributed by atoms with van der Waals surface area (Å²) in [5, 5.41) is 4.49. The summed E-state index contributed by atoms with van der Waals surface area (Å²) in [7, 11) is 1.95. The van der Waals surface area contributed by atoms with Crippen molar-refractivity contribution in [3.63, 3.8) is 0 Å². The molecule has 0 spiro atoms. The zero-order chi connectivity index (χ0) is 14.0. The number of nitrogens with zero attached hydrogens (tertiary/aromatic N) is 2. The van der Waals surface area contributed by atoms with Crippen LogP contribution in [-0.4, -0.2) is 15.8 Å². The highest BCUT2D eigenvalue weighted by atomic mass is 15.3. The fourth-order valence-corrected chi connectivity index (χ4v) is 3.36. The molecule has 0 radical (unpaired) electrons. The molecule has 1 fully saturated rings. The van der Waals surface area contributed by atoms with E-state index in [1.54, 1.807) is 0 Å². The van der Waals surface area contributed by atoms with E-state index in [1.807, 2.05) is 17.9 Å². The number of hydrogen-bond acceptors (Lipinski definition) is 3. The first-order chi connectivity index (χ1) is 9.74. The van der Waals surface area contributed by atoms with Crippen molar-refractivity contribution in [3.05, 3.63) is 53.9 Å². The monoisotopic (exact) mass is 270 g/mol. The minimum atomic E-state index is 0.160. The molecular weight excluding hydrogens is 248 g/mol. The van der Waals surface area contributed by atoms with Crippen molar-refractivity contribution in [3.8, 4) is 0 Å². The lowest BCUT2D eigenvalue weighted by molar-refractivity contribution is 0.167. The van der Waals surface area contributed by atoms with Gasteiger partial charge in [-0.2, -0.15) is 5.10 Å². The van der Waals surface area contributed by atoms with Gasteiger partial charge >= 0.3 is 0 Å². The van der Waals surface area contributed by atoms with Gasteiger partial charge in [-0.25, -0.2) is 0 Å². The van der Waals surface area contributed by atoms with Crippen LogP contribution in [0.3, 0.4) is 0 Å². The molecule has 106 valence electrons. The van der Waals surface area contributed by atoms with E-state index in [4.69, 9.17) is 5.84 Å². The van der Waals surface area contributed by atoms with E-state index in [9.17, 15) is 0 Å². The van der Waals surface area contributed by atoms with Crippen molar-refractivity contribution in [2.45, 2.75) is 37.1 Å². The Morgan fingerprint density at radius 1 is 1.30 bits per heavy atom. The molecule has 1 aromatic carbocycles. The summed E-state index contributed by atoms with van der Waals surface area (Å²) in [6, 6.07) is 13.0. The molecular formula is C16H22N4. The van der Waals surface area contributed by atoms with E-state index >= 15 is 0 Å². The predicted molar refractivity (Wildman–Crippen MR) is 80.0 cm³/mol. The molecule has 1 aliphatic rings. The Bertz CT molecular complexity index is 557. The molecule has 3 N–H and O–H groups in total. The topological polar surface area (TPSA) is 55.9 Å². The number of benzene rings is 1. The molecule has 4 heteroatoms. The molecule has 0 bridgehead atoms. The Morgan fingerprint density at radius 2 is 2.05 bits per heavy atom. The van der Waals surface area contributed by atoms with Gasteiger partial charge in [-0.05, 0) is 24.5 Å². The summed E-state index contributed by atoms with van der Waals surface area (Å²) < 4.78 is 1.85. The molecule has 0 amide bonds. The van der Waals surface area contributed by atoms with Crippen LogP contribution in [0.5, 0.6) is 0 Å². The summed E-state index contributed by atoms with van der Waals surface area (Å²) in [5.41, 5.74) is 5.70. The Balaban J connectivity index is 1.86. The zero-order valence-corrected chi connectivity index (χ0v) is 11.9. The highest BCUT2D eigenvalue weighted by Gasteiger charge is 2.45. The van der Waals surface area contributed by atoms with Gasteiger partial charge in [0, 0.05) is 31.1 Å². The maximum absolute atomic E-state index is 5.88. The smallest absolute Gasteiger partial charge is 0.0640 e. The summed E-state index contributed by atoms with van der Waals surface area (Å²) in [6.45, 7) is 0. The van der Waals surface area contributed by atoms with Crippen LogP contribution in [0, 0.1) is 0 Å². The molecule has 4 nitrogen and oxygen atoms in total. The molecule has 1 heterocycles. The summed E-state index contributed by atoms with van der Waals surface area (Å²) in [6.07, 6.45) is 6.51. The fraction of sp³-hybridized carbons (Fsp3) is 0.438.